The first-order valence-corrected chi connectivity index (χ1v) is 6.39. The Morgan fingerprint density at radius 2 is 2.15 bits per heavy atom. The van der Waals surface area contributed by atoms with Gasteiger partial charge in [-0.25, -0.2) is 0 Å². The van der Waals surface area contributed by atoms with Crippen LogP contribution in [0.2, 0.25) is 0 Å². The van der Waals surface area contributed by atoms with E-state index in [0.29, 0.717) is 0 Å². The first-order valence-electron chi connectivity index (χ1n) is 6.39. The molecule has 0 aliphatic carbocycles. The van der Waals surface area contributed by atoms with E-state index in [1.54, 1.807) is 12.5 Å². The molecule has 1 atom stereocenters. The molecule has 20 heavy (non-hydrogen) atoms. The van der Waals surface area contributed by atoms with Gasteiger partial charge in [0.25, 0.3) is 0 Å². The zero-order valence-electron chi connectivity index (χ0n) is 11.4. The maximum atomic E-state index is 6.23. The second kappa shape index (κ2) is 4.80. The predicted octanol–water partition coefficient (Wildman–Crippen LogP) is 2.12. The lowest BCUT2D eigenvalue weighted by molar-refractivity contribution is 0.720. The standard InChI is InChI=1S/C14H16N6/c1-9(14-19-17-8-20(14)2)18-12-4-3-10-7-16-6-5-11(10)13(12)15/h3-9,18H,15H2,1-2H3. The van der Waals surface area contributed by atoms with Crippen LogP contribution in [0.3, 0.4) is 0 Å². The van der Waals surface area contributed by atoms with E-state index in [2.05, 4.69) is 20.5 Å². The Morgan fingerprint density at radius 3 is 2.90 bits per heavy atom. The van der Waals surface area contributed by atoms with Crippen LogP contribution in [0.15, 0.2) is 36.9 Å². The summed E-state index contributed by atoms with van der Waals surface area (Å²) in [5.74, 6) is 0.860. The first-order chi connectivity index (χ1) is 9.66. The number of hydrogen-bond acceptors (Lipinski definition) is 5. The number of nitrogens with zero attached hydrogens (tertiary/aromatic N) is 4. The molecule has 0 aliphatic rings. The Morgan fingerprint density at radius 1 is 1.30 bits per heavy atom. The molecule has 1 unspecified atom stereocenters. The molecule has 0 saturated carbocycles. The molecule has 102 valence electrons. The molecule has 3 N–H and O–H groups in total. The molecular formula is C14H16N6. The van der Waals surface area contributed by atoms with Crippen LogP contribution in [0.4, 0.5) is 11.4 Å². The van der Waals surface area contributed by atoms with Crippen LogP contribution in [-0.2, 0) is 7.05 Å². The van der Waals surface area contributed by atoms with Gasteiger partial charge in [0.2, 0.25) is 0 Å². The van der Waals surface area contributed by atoms with Gasteiger partial charge in [-0.15, -0.1) is 10.2 Å². The van der Waals surface area contributed by atoms with Crippen LogP contribution >= 0.6 is 0 Å². The summed E-state index contributed by atoms with van der Waals surface area (Å²) in [6, 6.07) is 5.91. The van der Waals surface area contributed by atoms with E-state index in [-0.39, 0.29) is 6.04 Å². The summed E-state index contributed by atoms with van der Waals surface area (Å²) in [7, 11) is 1.92. The maximum Gasteiger partial charge on any atom is 0.154 e. The van der Waals surface area contributed by atoms with E-state index in [4.69, 9.17) is 5.73 Å². The third-order valence-electron chi connectivity index (χ3n) is 3.37. The molecule has 6 heteroatoms. The lowest BCUT2D eigenvalue weighted by Gasteiger charge is -2.17. The fraction of sp³-hybridized carbons (Fsp3) is 0.214. The summed E-state index contributed by atoms with van der Waals surface area (Å²) in [6.07, 6.45) is 5.24. The highest BCUT2D eigenvalue weighted by Gasteiger charge is 2.13. The van der Waals surface area contributed by atoms with Crippen molar-refractivity contribution in [1.82, 2.24) is 19.7 Å². The minimum absolute atomic E-state index is 0.0177. The topological polar surface area (TPSA) is 81.7 Å². The van der Waals surface area contributed by atoms with Gasteiger partial charge in [-0.1, -0.05) is 6.07 Å². The maximum absolute atomic E-state index is 6.23. The Hall–Kier alpha value is -2.63. The van der Waals surface area contributed by atoms with Crippen LogP contribution in [0.1, 0.15) is 18.8 Å². The second-order valence-electron chi connectivity index (χ2n) is 4.79. The number of pyridine rings is 1. The molecule has 2 heterocycles. The summed E-state index contributed by atoms with van der Waals surface area (Å²) < 4.78 is 1.89. The summed E-state index contributed by atoms with van der Waals surface area (Å²) in [5, 5.41) is 13.4. The molecule has 0 radical (unpaired) electrons. The largest absolute Gasteiger partial charge is 0.397 e. The number of anilines is 2. The average Bonchev–Trinajstić information content (AvgIpc) is 2.88. The molecule has 1 aromatic carbocycles. The summed E-state index contributed by atoms with van der Waals surface area (Å²) in [6.45, 7) is 2.03. The normalized spacial score (nSPS) is 12.5. The molecule has 0 aliphatic heterocycles. The minimum atomic E-state index is 0.0177. The Labute approximate surface area is 116 Å². The van der Waals surface area contributed by atoms with Crippen molar-refractivity contribution >= 4 is 22.1 Å². The number of nitrogens with two attached hydrogens (primary N) is 1. The van der Waals surface area contributed by atoms with Gasteiger partial charge in [-0.05, 0) is 19.1 Å². The van der Waals surface area contributed by atoms with Gasteiger partial charge in [-0.2, -0.15) is 0 Å². The average molecular weight is 268 g/mol. The lowest BCUT2D eigenvalue weighted by atomic mass is 10.1. The number of aromatic nitrogens is 4. The van der Waals surface area contributed by atoms with Crippen molar-refractivity contribution in [1.29, 1.82) is 0 Å². The molecule has 0 saturated heterocycles. The van der Waals surface area contributed by atoms with Crippen molar-refractivity contribution in [3.63, 3.8) is 0 Å². The third kappa shape index (κ3) is 2.05. The zero-order chi connectivity index (χ0) is 14.1. The number of nitrogens with one attached hydrogen (secondary N) is 1. The molecule has 0 bridgehead atoms. The van der Waals surface area contributed by atoms with Crippen molar-refractivity contribution < 1.29 is 0 Å². The van der Waals surface area contributed by atoms with Crippen LogP contribution in [0.5, 0.6) is 0 Å². The third-order valence-corrected chi connectivity index (χ3v) is 3.37. The van der Waals surface area contributed by atoms with Crippen LogP contribution < -0.4 is 11.1 Å². The molecule has 6 nitrogen and oxygen atoms in total. The summed E-state index contributed by atoms with van der Waals surface area (Å²) >= 11 is 0. The number of nitrogen functional groups attached to an aromatic ring is 1. The summed E-state index contributed by atoms with van der Waals surface area (Å²) in [4.78, 5) is 4.10. The zero-order valence-corrected chi connectivity index (χ0v) is 11.4. The number of fused-ring (bicyclic) bond motifs is 1. The van der Waals surface area contributed by atoms with E-state index < -0.39 is 0 Å². The van der Waals surface area contributed by atoms with E-state index in [0.717, 1.165) is 28.0 Å². The Balaban J connectivity index is 1.95. The fourth-order valence-electron chi connectivity index (χ4n) is 2.30. The Kier molecular flexibility index (Phi) is 2.98. The SMILES string of the molecule is CC(Nc1ccc2cnccc2c1N)c1nncn1C. The van der Waals surface area contributed by atoms with Gasteiger partial charge in [0, 0.05) is 30.2 Å². The molecule has 0 spiro atoms. The molecule has 2 aromatic heterocycles. The molecular weight excluding hydrogens is 252 g/mol. The molecule has 0 amide bonds. The van der Waals surface area contributed by atoms with Crippen LogP contribution in [0.25, 0.3) is 10.8 Å². The van der Waals surface area contributed by atoms with E-state index in [1.165, 1.54) is 0 Å². The van der Waals surface area contributed by atoms with Gasteiger partial charge in [0.1, 0.15) is 6.33 Å². The number of hydrogen-bond donors (Lipinski definition) is 2. The van der Waals surface area contributed by atoms with Gasteiger partial charge < -0.3 is 15.6 Å². The second-order valence-corrected chi connectivity index (χ2v) is 4.79. The smallest absolute Gasteiger partial charge is 0.154 e. The van der Waals surface area contributed by atoms with Gasteiger partial charge in [-0.3, -0.25) is 4.98 Å². The highest BCUT2D eigenvalue weighted by molar-refractivity contribution is 5.98. The first kappa shape index (κ1) is 12.4. The van der Waals surface area contributed by atoms with Crippen LogP contribution in [-0.4, -0.2) is 19.7 Å². The van der Waals surface area contributed by atoms with Gasteiger partial charge in [0.05, 0.1) is 17.4 Å². The minimum Gasteiger partial charge on any atom is -0.397 e. The predicted molar refractivity (Wildman–Crippen MR) is 79.2 cm³/mol. The van der Waals surface area contributed by atoms with Crippen molar-refractivity contribution in [2.45, 2.75) is 13.0 Å². The van der Waals surface area contributed by atoms with E-state index in [9.17, 15) is 0 Å². The van der Waals surface area contributed by atoms with E-state index >= 15 is 0 Å². The monoisotopic (exact) mass is 268 g/mol. The van der Waals surface area contributed by atoms with Crippen molar-refractivity contribution in [2.75, 3.05) is 11.1 Å². The van der Waals surface area contributed by atoms with E-state index in [1.807, 2.05) is 42.9 Å². The molecule has 3 rings (SSSR count). The van der Waals surface area contributed by atoms with Gasteiger partial charge in [0.15, 0.2) is 5.82 Å². The van der Waals surface area contributed by atoms with Crippen LogP contribution in [0, 0.1) is 0 Å². The highest BCUT2D eigenvalue weighted by Crippen LogP contribution is 2.30. The number of benzene rings is 1. The lowest BCUT2D eigenvalue weighted by Crippen LogP contribution is -2.13. The highest BCUT2D eigenvalue weighted by atomic mass is 15.3. The fourth-order valence-corrected chi connectivity index (χ4v) is 2.30. The molecule has 3 aromatic rings. The quantitative estimate of drug-likeness (QED) is 0.711. The summed E-state index contributed by atoms with van der Waals surface area (Å²) in [5.41, 5.74) is 7.83. The molecule has 0 fully saturated rings. The van der Waals surface area contributed by atoms with Crippen molar-refractivity contribution in [2.24, 2.45) is 7.05 Å². The number of rotatable bonds is 3. The Bertz CT molecular complexity index is 748. The van der Waals surface area contributed by atoms with Crippen molar-refractivity contribution in [3.05, 3.63) is 42.7 Å². The number of aryl methyl sites for hydroxylation is 1. The van der Waals surface area contributed by atoms with Gasteiger partial charge >= 0.3 is 0 Å². The van der Waals surface area contributed by atoms with Crippen molar-refractivity contribution in [3.8, 4) is 0 Å².